The van der Waals surface area contributed by atoms with Gasteiger partial charge in [-0.05, 0) is 12.8 Å². The zero-order valence-corrected chi connectivity index (χ0v) is 11.4. The lowest BCUT2D eigenvalue weighted by Crippen LogP contribution is -2.51. The zero-order chi connectivity index (χ0) is 14.0. The summed E-state index contributed by atoms with van der Waals surface area (Å²) in [6.07, 6.45) is 12.0. The minimum Gasteiger partial charge on any atom is -0.350 e. The molecule has 1 fully saturated rings. The summed E-state index contributed by atoms with van der Waals surface area (Å²) in [5.74, 6) is -0.136. The van der Waals surface area contributed by atoms with E-state index in [9.17, 15) is 4.79 Å². The molecule has 3 N–H and O–H groups in total. The smallest absolute Gasteiger partial charge is 0.255 e. The Bertz CT molecular complexity index is 615. The van der Waals surface area contributed by atoms with Gasteiger partial charge in [-0.2, -0.15) is 5.10 Å². The van der Waals surface area contributed by atoms with Gasteiger partial charge >= 0.3 is 0 Å². The highest BCUT2D eigenvalue weighted by atomic mass is 16.1. The molecule has 1 saturated carbocycles. The second kappa shape index (κ2) is 5.20. The molecule has 2 aromatic heterocycles. The van der Waals surface area contributed by atoms with E-state index in [1.165, 1.54) is 6.42 Å². The van der Waals surface area contributed by atoms with E-state index in [-0.39, 0.29) is 11.4 Å². The quantitative estimate of drug-likeness (QED) is 0.877. The Kier molecular flexibility index (Phi) is 3.40. The van der Waals surface area contributed by atoms with Crippen molar-refractivity contribution in [3.63, 3.8) is 0 Å². The van der Waals surface area contributed by atoms with Gasteiger partial charge in [0.05, 0.1) is 23.5 Å². The Labute approximate surface area is 117 Å². The lowest BCUT2D eigenvalue weighted by Gasteiger charge is -2.33. The summed E-state index contributed by atoms with van der Waals surface area (Å²) >= 11 is 0. The van der Waals surface area contributed by atoms with Crippen LogP contribution >= 0.6 is 0 Å². The van der Waals surface area contributed by atoms with Crippen molar-refractivity contribution in [1.29, 1.82) is 0 Å². The Balaban J connectivity index is 1.70. The van der Waals surface area contributed by atoms with Crippen molar-refractivity contribution in [2.45, 2.75) is 37.6 Å². The average Bonchev–Trinajstić information content (AvgIpc) is 2.90. The molecule has 6 heteroatoms. The van der Waals surface area contributed by atoms with Gasteiger partial charge in [0.15, 0.2) is 0 Å². The summed E-state index contributed by atoms with van der Waals surface area (Å²) in [6, 6.07) is 0. The van der Waals surface area contributed by atoms with Gasteiger partial charge in [0, 0.05) is 24.5 Å². The van der Waals surface area contributed by atoms with Gasteiger partial charge in [-0.25, -0.2) is 4.52 Å². The molecule has 0 atom stereocenters. The van der Waals surface area contributed by atoms with Crippen LogP contribution in [0.2, 0.25) is 0 Å². The molecule has 0 radical (unpaired) electrons. The van der Waals surface area contributed by atoms with E-state index in [1.54, 1.807) is 29.3 Å². The Morgan fingerprint density at radius 3 is 2.95 bits per heavy atom. The van der Waals surface area contributed by atoms with E-state index >= 15 is 0 Å². The van der Waals surface area contributed by atoms with Gasteiger partial charge < -0.3 is 11.1 Å². The molecule has 3 rings (SSSR count). The first-order chi connectivity index (χ1) is 9.68. The number of nitrogens with two attached hydrogens (primary N) is 1. The van der Waals surface area contributed by atoms with Gasteiger partial charge in [-0.3, -0.25) is 9.78 Å². The normalized spacial score (nSPS) is 18.1. The number of aromatic nitrogens is 3. The Morgan fingerprint density at radius 1 is 1.35 bits per heavy atom. The Hall–Kier alpha value is -1.95. The number of nitrogens with one attached hydrogen (secondary N) is 1. The number of rotatable bonds is 3. The third-order valence-corrected chi connectivity index (χ3v) is 4.02. The maximum atomic E-state index is 12.3. The molecule has 0 aromatic carbocycles. The molecule has 106 valence electrons. The van der Waals surface area contributed by atoms with E-state index in [2.05, 4.69) is 15.4 Å². The minimum atomic E-state index is -0.255. The number of hydrogen-bond acceptors (Lipinski definition) is 4. The number of fused-ring (bicyclic) bond motifs is 1. The van der Waals surface area contributed by atoms with E-state index in [4.69, 9.17) is 5.73 Å². The van der Waals surface area contributed by atoms with Crippen molar-refractivity contribution < 1.29 is 4.79 Å². The molecule has 1 amide bonds. The molecule has 1 aliphatic carbocycles. The van der Waals surface area contributed by atoms with Gasteiger partial charge in [0.1, 0.15) is 0 Å². The first kappa shape index (κ1) is 13.1. The highest BCUT2D eigenvalue weighted by molar-refractivity contribution is 6.00. The van der Waals surface area contributed by atoms with Crippen LogP contribution in [0.15, 0.2) is 24.8 Å². The summed E-state index contributed by atoms with van der Waals surface area (Å²) in [6.45, 7) is 0.517. The van der Waals surface area contributed by atoms with Crippen molar-refractivity contribution in [1.82, 2.24) is 19.9 Å². The highest BCUT2D eigenvalue weighted by Crippen LogP contribution is 2.25. The second-order valence-corrected chi connectivity index (χ2v) is 5.57. The first-order valence-corrected chi connectivity index (χ1v) is 7.02. The maximum Gasteiger partial charge on any atom is 0.255 e. The lowest BCUT2D eigenvalue weighted by molar-refractivity contribution is 0.0939. The molecule has 20 heavy (non-hydrogen) atoms. The van der Waals surface area contributed by atoms with Crippen LogP contribution in [0.3, 0.4) is 0 Å². The van der Waals surface area contributed by atoms with Crippen LogP contribution in [0.25, 0.3) is 5.52 Å². The summed E-state index contributed by atoms with van der Waals surface area (Å²) in [5.41, 5.74) is 7.32. The fraction of sp³-hybridized carbons (Fsp3) is 0.500. The molecular formula is C14H19N5O. The molecular weight excluding hydrogens is 254 g/mol. The van der Waals surface area contributed by atoms with Gasteiger partial charge in [-0.1, -0.05) is 19.3 Å². The van der Waals surface area contributed by atoms with Crippen molar-refractivity contribution in [3.8, 4) is 0 Å². The molecule has 2 aromatic rings. The van der Waals surface area contributed by atoms with Crippen LogP contribution in [0.1, 0.15) is 42.5 Å². The van der Waals surface area contributed by atoms with Crippen LogP contribution in [-0.2, 0) is 0 Å². The lowest BCUT2D eigenvalue weighted by atomic mass is 9.82. The standard InChI is InChI=1S/C14H19N5O/c15-14(4-2-1-3-5-14)10-17-13(20)11-8-18-19-7-6-16-9-12(11)19/h6-9H,1-5,10,15H2,(H,17,20). The third kappa shape index (κ3) is 2.51. The predicted molar refractivity (Wildman–Crippen MR) is 75.3 cm³/mol. The molecule has 6 nitrogen and oxygen atoms in total. The largest absolute Gasteiger partial charge is 0.350 e. The number of carbonyl (C=O) groups excluding carboxylic acids is 1. The van der Waals surface area contributed by atoms with Crippen LogP contribution in [0.4, 0.5) is 0 Å². The number of hydrogen-bond donors (Lipinski definition) is 2. The zero-order valence-electron chi connectivity index (χ0n) is 11.4. The monoisotopic (exact) mass is 273 g/mol. The van der Waals surface area contributed by atoms with Crippen LogP contribution in [-0.4, -0.2) is 32.6 Å². The topological polar surface area (TPSA) is 85.3 Å². The summed E-state index contributed by atoms with van der Waals surface area (Å²) in [4.78, 5) is 16.3. The fourth-order valence-electron chi connectivity index (χ4n) is 2.79. The molecule has 0 bridgehead atoms. The molecule has 0 aliphatic heterocycles. The molecule has 0 spiro atoms. The van der Waals surface area contributed by atoms with Gasteiger partial charge in [0.2, 0.25) is 0 Å². The number of amides is 1. The predicted octanol–water partition coefficient (Wildman–Crippen LogP) is 1.12. The van der Waals surface area contributed by atoms with Crippen molar-refractivity contribution in [2.75, 3.05) is 6.54 Å². The SMILES string of the molecule is NC1(CNC(=O)c2cnn3ccncc23)CCCCC1. The molecule has 0 unspecified atom stereocenters. The van der Waals surface area contributed by atoms with Crippen molar-refractivity contribution >= 4 is 11.4 Å². The van der Waals surface area contributed by atoms with Crippen LogP contribution < -0.4 is 11.1 Å². The fourth-order valence-corrected chi connectivity index (χ4v) is 2.79. The van der Waals surface area contributed by atoms with E-state index < -0.39 is 0 Å². The first-order valence-electron chi connectivity index (χ1n) is 7.02. The van der Waals surface area contributed by atoms with Crippen LogP contribution in [0, 0.1) is 0 Å². The summed E-state index contributed by atoms with van der Waals surface area (Å²) < 4.78 is 1.64. The van der Waals surface area contributed by atoms with Gasteiger partial charge in [-0.15, -0.1) is 0 Å². The van der Waals surface area contributed by atoms with Crippen molar-refractivity contribution in [2.24, 2.45) is 5.73 Å². The Morgan fingerprint density at radius 2 is 2.15 bits per heavy atom. The molecule has 2 heterocycles. The molecule has 0 saturated heterocycles. The van der Waals surface area contributed by atoms with E-state index in [1.807, 2.05) is 0 Å². The van der Waals surface area contributed by atoms with Gasteiger partial charge in [0.25, 0.3) is 5.91 Å². The molecule has 1 aliphatic rings. The maximum absolute atomic E-state index is 12.3. The second-order valence-electron chi connectivity index (χ2n) is 5.57. The average molecular weight is 273 g/mol. The minimum absolute atomic E-state index is 0.136. The third-order valence-electron chi connectivity index (χ3n) is 4.02. The van der Waals surface area contributed by atoms with Crippen LogP contribution in [0.5, 0.6) is 0 Å². The number of carbonyl (C=O) groups is 1. The summed E-state index contributed by atoms with van der Waals surface area (Å²) in [7, 11) is 0. The summed E-state index contributed by atoms with van der Waals surface area (Å²) in [5, 5.41) is 7.08. The number of nitrogens with zero attached hydrogens (tertiary/aromatic N) is 3. The van der Waals surface area contributed by atoms with E-state index in [0.29, 0.717) is 17.6 Å². The highest BCUT2D eigenvalue weighted by Gasteiger charge is 2.28. The van der Waals surface area contributed by atoms with E-state index in [0.717, 1.165) is 25.7 Å². The van der Waals surface area contributed by atoms with Crippen molar-refractivity contribution in [3.05, 3.63) is 30.4 Å².